The second kappa shape index (κ2) is 7.88. The van der Waals surface area contributed by atoms with Crippen LogP contribution in [0.3, 0.4) is 0 Å². The van der Waals surface area contributed by atoms with Crippen LogP contribution in [-0.2, 0) is 11.2 Å². The number of rotatable bonds is 3. The van der Waals surface area contributed by atoms with Crippen molar-refractivity contribution >= 4 is 23.5 Å². The summed E-state index contributed by atoms with van der Waals surface area (Å²) in [5.74, 6) is 0.105. The Labute approximate surface area is 147 Å². The molecule has 1 aliphatic carbocycles. The van der Waals surface area contributed by atoms with E-state index in [1.807, 2.05) is 21.9 Å². The van der Waals surface area contributed by atoms with Gasteiger partial charge in [0.2, 0.25) is 5.91 Å². The van der Waals surface area contributed by atoms with Crippen LogP contribution in [0.5, 0.6) is 0 Å². The minimum absolute atomic E-state index is 0.0201. The third kappa shape index (κ3) is 4.41. The molecule has 2 fully saturated rings. The molecule has 0 bridgehead atoms. The van der Waals surface area contributed by atoms with Gasteiger partial charge in [-0.3, -0.25) is 4.79 Å². The largest absolute Gasteiger partial charge is 0.339 e. The van der Waals surface area contributed by atoms with Crippen molar-refractivity contribution in [2.45, 2.75) is 38.1 Å². The molecule has 130 valence electrons. The van der Waals surface area contributed by atoms with E-state index in [0.29, 0.717) is 43.7 Å². The monoisotopic (exact) mass is 349 g/mol. The molecule has 5 nitrogen and oxygen atoms in total. The minimum Gasteiger partial charge on any atom is -0.339 e. The number of nitrogens with zero attached hydrogens (tertiary/aromatic N) is 2. The highest BCUT2D eigenvalue weighted by Gasteiger charge is 2.26. The number of nitrogens with one attached hydrogen (secondary N) is 1. The summed E-state index contributed by atoms with van der Waals surface area (Å²) in [6.45, 7) is 2.41. The first-order chi connectivity index (χ1) is 11.6. The van der Waals surface area contributed by atoms with E-state index < -0.39 is 0 Å². The van der Waals surface area contributed by atoms with Crippen molar-refractivity contribution in [3.8, 4) is 0 Å². The van der Waals surface area contributed by atoms with E-state index in [2.05, 4.69) is 5.32 Å². The molecule has 2 aliphatic rings. The third-order valence-electron chi connectivity index (χ3n) is 4.87. The fraction of sp³-hybridized carbons (Fsp3) is 0.556. The Morgan fingerprint density at radius 1 is 1.00 bits per heavy atom. The molecule has 3 amide bonds. The molecule has 6 heteroatoms. The maximum absolute atomic E-state index is 12.4. The lowest BCUT2D eigenvalue weighted by molar-refractivity contribution is -0.131. The summed E-state index contributed by atoms with van der Waals surface area (Å²) in [4.78, 5) is 28.3. The average Bonchev–Trinajstić information content (AvgIpc) is 3.10. The summed E-state index contributed by atoms with van der Waals surface area (Å²) in [5, 5.41) is 3.78. The lowest BCUT2D eigenvalue weighted by Gasteiger charge is -2.35. The van der Waals surface area contributed by atoms with Gasteiger partial charge in [0.05, 0.1) is 6.42 Å². The van der Waals surface area contributed by atoms with Crippen molar-refractivity contribution in [2.75, 3.05) is 26.2 Å². The van der Waals surface area contributed by atoms with Crippen molar-refractivity contribution in [1.82, 2.24) is 15.1 Å². The SMILES string of the molecule is O=C(Cc1ccc(Cl)cc1)N1CCN(C(=O)NC2CCCC2)CC1. The van der Waals surface area contributed by atoms with Crippen molar-refractivity contribution in [3.05, 3.63) is 34.9 Å². The molecule has 1 aliphatic heterocycles. The number of carbonyl (C=O) groups excluding carboxylic acids is 2. The average molecular weight is 350 g/mol. The Kier molecular flexibility index (Phi) is 5.61. The summed E-state index contributed by atoms with van der Waals surface area (Å²) < 4.78 is 0. The fourth-order valence-electron chi connectivity index (χ4n) is 3.38. The molecule has 0 aromatic heterocycles. The molecular weight excluding hydrogens is 326 g/mol. The maximum Gasteiger partial charge on any atom is 0.317 e. The van der Waals surface area contributed by atoms with E-state index in [1.165, 1.54) is 12.8 Å². The zero-order valence-electron chi connectivity index (χ0n) is 13.8. The lowest BCUT2D eigenvalue weighted by atomic mass is 10.1. The quantitative estimate of drug-likeness (QED) is 0.912. The molecule has 24 heavy (non-hydrogen) atoms. The van der Waals surface area contributed by atoms with Gasteiger partial charge in [0, 0.05) is 37.2 Å². The Morgan fingerprint density at radius 2 is 1.58 bits per heavy atom. The third-order valence-corrected chi connectivity index (χ3v) is 5.12. The molecule has 1 aromatic rings. The highest BCUT2D eigenvalue weighted by molar-refractivity contribution is 6.30. The normalized spacial score (nSPS) is 18.7. The summed E-state index contributed by atoms with van der Waals surface area (Å²) in [6.07, 6.45) is 4.97. The summed E-state index contributed by atoms with van der Waals surface area (Å²) in [5.41, 5.74) is 0.964. The van der Waals surface area contributed by atoms with Crippen LogP contribution in [0, 0.1) is 0 Å². The van der Waals surface area contributed by atoms with Gasteiger partial charge in [0.25, 0.3) is 0 Å². The topological polar surface area (TPSA) is 52.7 Å². The smallest absolute Gasteiger partial charge is 0.317 e. The van der Waals surface area contributed by atoms with Crippen molar-refractivity contribution in [2.24, 2.45) is 0 Å². The first-order valence-electron chi connectivity index (χ1n) is 8.69. The molecule has 1 saturated heterocycles. The molecule has 0 radical (unpaired) electrons. The zero-order chi connectivity index (χ0) is 16.9. The van der Waals surface area contributed by atoms with Crippen LogP contribution in [0.1, 0.15) is 31.2 Å². The summed E-state index contributed by atoms with van der Waals surface area (Å²) in [7, 11) is 0. The highest BCUT2D eigenvalue weighted by atomic mass is 35.5. The van der Waals surface area contributed by atoms with Gasteiger partial charge in [-0.1, -0.05) is 36.6 Å². The number of amides is 3. The van der Waals surface area contributed by atoms with E-state index >= 15 is 0 Å². The first-order valence-corrected chi connectivity index (χ1v) is 9.07. The summed E-state index contributed by atoms with van der Waals surface area (Å²) in [6, 6.07) is 7.72. The molecule has 0 spiro atoms. The number of hydrogen-bond donors (Lipinski definition) is 1. The van der Waals surface area contributed by atoms with E-state index in [-0.39, 0.29) is 11.9 Å². The van der Waals surface area contributed by atoms with Crippen LogP contribution in [0.15, 0.2) is 24.3 Å². The molecule has 0 atom stereocenters. The highest BCUT2D eigenvalue weighted by Crippen LogP contribution is 2.18. The predicted molar refractivity (Wildman–Crippen MR) is 94.1 cm³/mol. The number of urea groups is 1. The van der Waals surface area contributed by atoms with Crippen LogP contribution < -0.4 is 5.32 Å². The van der Waals surface area contributed by atoms with Gasteiger partial charge in [-0.2, -0.15) is 0 Å². The minimum atomic E-state index is 0.0201. The van der Waals surface area contributed by atoms with E-state index in [9.17, 15) is 9.59 Å². The number of carbonyl (C=O) groups is 2. The van der Waals surface area contributed by atoms with E-state index in [0.717, 1.165) is 18.4 Å². The molecular formula is C18H24ClN3O2. The molecule has 1 heterocycles. The van der Waals surface area contributed by atoms with Gasteiger partial charge in [-0.05, 0) is 30.5 Å². The van der Waals surface area contributed by atoms with Gasteiger partial charge in [0.15, 0.2) is 0 Å². The van der Waals surface area contributed by atoms with Crippen molar-refractivity contribution < 1.29 is 9.59 Å². The van der Waals surface area contributed by atoms with E-state index in [4.69, 9.17) is 11.6 Å². The number of hydrogen-bond acceptors (Lipinski definition) is 2. The van der Waals surface area contributed by atoms with Crippen LogP contribution >= 0.6 is 11.6 Å². The molecule has 0 unspecified atom stereocenters. The predicted octanol–water partition coefficient (Wildman–Crippen LogP) is 2.68. The van der Waals surface area contributed by atoms with E-state index in [1.54, 1.807) is 12.1 Å². The lowest BCUT2D eigenvalue weighted by Crippen LogP contribution is -2.54. The Balaban J connectivity index is 1.44. The zero-order valence-corrected chi connectivity index (χ0v) is 14.6. The second-order valence-corrected chi connectivity index (χ2v) is 7.04. The number of benzene rings is 1. The van der Waals surface area contributed by atoms with Crippen LogP contribution in [0.2, 0.25) is 5.02 Å². The van der Waals surface area contributed by atoms with Gasteiger partial charge in [-0.25, -0.2) is 4.79 Å². The van der Waals surface area contributed by atoms with Gasteiger partial charge < -0.3 is 15.1 Å². The van der Waals surface area contributed by atoms with Crippen LogP contribution in [-0.4, -0.2) is 54.0 Å². The molecule has 1 saturated carbocycles. The fourth-order valence-corrected chi connectivity index (χ4v) is 3.51. The van der Waals surface area contributed by atoms with Gasteiger partial charge in [-0.15, -0.1) is 0 Å². The standard InChI is InChI=1S/C18H24ClN3O2/c19-15-7-5-14(6-8-15)13-17(23)21-9-11-22(12-10-21)18(24)20-16-3-1-2-4-16/h5-8,16H,1-4,9-13H2,(H,20,24). The van der Waals surface area contributed by atoms with Crippen molar-refractivity contribution in [1.29, 1.82) is 0 Å². The molecule has 1 aromatic carbocycles. The Hall–Kier alpha value is -1.75. The van der Waals surface area contributed by atoms with Crippen LogP contribution in [0.4, 0.5) is 4.79 Å². The maximum atomic E-state index is 12.4. The second-order valence-electron chi connectivity index (χ2n) is 6.60. The van der Waals surface area contributed by atoms with Crippen LogP contribution in [0.25, 0.3) is 0 Å². The molecule has 1 N–H and O–H groups in total. The number of halogens is 1. The Bertz CT molecular complexity index is 576. The Morgan fingerprint density at radius 3 is 2.21 bits per heavy atom. The summed E-state index contributed by atoms with van der Waals surface area (Å²) >= 11 is 5.86. The van der Waals surface area contributed by atoms with Gasteiger partial charge >= 0.3 is 6.03 Å². The van der Waals surface area contributed by atoms with Crippen molar-refractivity contribution in [3.63, 3.8) is 0 Å². The van der Waals surface area contributed by atoms with Gasteiger partial charge in [0.1, 0.15) is 0 Å². The number of piperazine rings is 1. The first kappa shape index (κ1) is 17.1. The molecule has 3 rings (SSSR count).